The highest BCUT2D eigenvalue weighted by atomic mass is 19.4. The number of halogens is 3. The molecule has 0 saturated carbocycles. The van der Waals surface area contributed by atoms with Gasteiger partial charge in [0.25, 0.3) is 5.56 Å². The van der Waals surface area contributed by atoms with Gasteiger partial charge in [0.15, 0.2) is 6.29 Å². The van der Waals surface area contributed by atoms with Crippen molar-refractivity contribution >= 4 is 10.8 Å². The van der Waals surface area contributed by atoms with E-state index < -0.39 is 18.0 Å². The lowest BCUT2D eigenvalue weighted by Crippen LogP contribution is -2.25. The van der Waals surface area contributed by atoms with E-state index in [2.05, 4.69) is 10.2 Å². The summed E-state index contributed by atoms with van der Waals surface area (Å²) in [6, 6.07) is 10.0. The molecule has 1 aliphatic heterocycles. The van der Waals surface area contributed by atoms with Gasteiger partial charge in [0.05, 0.1) is 17.6 Å². The number of ether oxygens (including phenoxy) is 2. The first-order valence-corrected chi connectivity index (χ1v) is 8.91. The number of hydrogen-bond acceptors (Lipinski definition) is 4. The highest BCUT2D eigenvalue weighted by Crippen LogP contribution is 2.39. The Morgan fingerprint density at radius 3 is 2.61 bits per heavy atom. The van der Waals surface area contributed by atoms with Crippen LogP contribution in [0.2, 0.25) is 0 Å². The molecule has 28 heavy (non-hydrogen) atoms. The van der Waals surface area contributed by atoms with Crippen LogP contribution < -0.4 is 10.3 Å². The van der Waals surface area contributed by atoms with Gasteiger partial charge in [-0.05, 0) is 37.1 Å². The molecule has 1 atom stereocenters. The Kier molecular flexibility index (Phi) is 4.80. The van der Waals surface area contributed by atoms with Crippen molar-refractivity contribution in [2.45, 2.75) is 31.7 Å². The second-order valence-electron chi connectivity index (χ2n) is 6.57. The Balaban J connectivity index is 1.86. The van der Waals surface area contributed by atoms with Gasteiger partial charge in [-0.1, -0.05) is 18.2 Å². The van der Waals surface area contributed by atoms with Gasteiger partial charge in [-0.25, -0.2) is 5.10 Å². The lowest BCUT2D eigenvalue weighted by Gasteiger charge is -2.25. The number of alkyl halides is 3. The average Bonchev–Trinajstić information content (AvgIpc) is 2.69. The molecule has 1 aromatic heterocycles. The van der Waals surface area contributed by atoms with E-state index in [1.807, 2.05) is 0 Å². The number of hydrogen-bond donors (Lipinski definition) is 1. The van der Waals surface area contributed by atoms with Crippen LogP contribution in [-0.2, 0) is 10.9 Å². The molecule has 0 bridgehead atoms. The quantitative estimate of drug-likeness (QED) is 0.715. The molecule has 2 aromatic carbocycles. The molecule has 0 aliphatic carbocycles. The molecule has 1 N–H and O–H groups in total. The molecular formula is C20H17F3N2O3. The van der Waals surface area contributed by atoms with Gasteiger partial charge >= 0.3 is 6.18 Å². The number of benzene rings is 2. The summed E-state index contributed by atoms with van der Waals surface area (Å²) in [4.78, 5) is 12.0. The summed E-state index contributed by atoms with van der Waals surface area (Å²) in [5.74, 6) is 0.0198. The fraction of sp³-hybridized carbons (Fsp3) is 0.300. The first-order valence-electron chi connectivity index (χ1n) is 8.91. The highest BCUT2D eigenvalue weighted by Gasteiger charge is 2.32. The molecule has 3 aromatic rings. The highest BCUT2D eigenvalue weighted by molar-refractivity contribution is 5.95. The van der Waals surface area contributed by atoms with Crippen molar-refractivity contribution in [2.75, 3.05) is 6.61 Å². The fourth-order valence-corrected chi connectivity index (χ4v) is 3.26. The van der Waals surface area contributed by atoms with Crippen LogP contribution in [0, 0.1) is 0 Å². The van der Waals surface area contributed by atoms with E-state index >= 15 is 0 Å². The van der Waals surface area contributed by atoms with E-state index in [-0.39, 0.29) is 11.3 Å². The van der Waals surface area contributed by atoms with Crippen molar-refractivity contribution in [3.63, 3.8) is 0 Å². The van der Waals surface area contributed by atoms with Gasteiger partial charge in [0.1, 0.15) is 11.4 Å². The maximum atomic E-state index is 13.2. The largest absolute Gasteiger partial charge is 0.464 e. The zero-order valence-corrected chi connectivity index (χ0v) is 14.8. The van der Waals surface area contributed by atoms with E-state index in [0.717, 1.165) is 25.0 Å². The second kappa shape index (κ2) is 7.27. The monoisotopic (exact) mass is 390 g/mol. The Labute approximate surface area is 158 Å². The van der Waals surface area contributed by atoms with Crippen molar-refractivity contribution in [1.82, 2.24) is 10.2 Å². The van der Waals surface area contributed by atoms with Gasteiger partial charge < -0.3 is 9.47 Å². The number of rotatable bonds is 3. The van der Waals surface area contributed by atoms with Crippen LogP contribution in [-0.4, -0.2) is 23.1 Å². The number of nitrogens with one attached hydrogen (secondary N) is 1. The molecule has 0 radical (unpaired) electrons. The SMILES string of the molecule is O=c1[nH]nc(-c2ccc(C(F)(F)F)cc2OC2CCCCO2)c2ccccc12. The minimum absolute atomic E-state index is 0.0198. The number of aromatic nitrogens is 2. The smallest absolute Gasteiger partial charge is 0.416 e. The summed E-state index contributed by atoms with van der Waals surface area (Å²) in [6.45, 7) is 0.499. The summed E-state index contributed by atoms with van der Waals surface area (Å²) < 4.78 is 51.0. The maximum absolute atomic E-state index is 13.2. The Bertz CT molecular complexity index is 1060. The van der Waals surface area contributed by atoms with E-state index in [9.17, 15) is 18.0 Å². The predicted molar refractivity (Wildman–Crippen MR) is 97.0 cm³/mol. The summed E-state index contributed by atoms with van der Waals surface area (Å²) in [5.41, 5.74) is -0.496. The molecule has 1 fully saturated rings. The normalized spacial score (nSPS) is 17.6. The minimum Gasteiger partial charge on any atom is -0.464 e. The van der Waals surface area contributed by atoms with Crippen molar-refractivity contribution in [1.29, 1.82) is 0 Å². The maximum Gasteiger partial charge on any atom is 0.416 e. The molecule has 0 spiro atoms. The Morgan fingerprint density at radius 2 is 1.89 bits per heavy atom. The van der Waals surface area contributed by atoms with E-state index in [4.69, 9.17) is 9.47 Å². The van der Waals surface area contributed by atoms with E-state index in [1.165, 1.54) is 6.07 Å². The van der Waals surface area contributed by atoms with Crippen LogP contribution in [0.25, 0.3) is 22.0 Å². The second-order valence-corrected chi connectivity index (χ2v) is 6.57. The molecule has 5 nitrogen and oxygen atoms in total. The van der Waals surface area contributed by atoms with E-state index in [1.54, 1.807) is 24.3 Å². The molecular weight excluding hydrogens is 373 g/mol. The van der Waals surface area contributed by atoms with Gasteiger partial charge in [-0.2, -0.15) is 18.3 Å². The predicted octanol–water partition coefficient (Wildman–Crippen LogP) is 4.51. The van der Waals surface area contributed by atoms with Crippen molar-refractivity contribution in [2.24, 2.45) is 0 Å². The molecule has 4 rings (SSSR count). The average molecular weight is 390 g/mol. The summed E-state index contributed by atoms with van der Waals surface area (Å²) in [5, 5.41) is 7.41. The van der Waals surface area contributed by atoms with Gasteiger partial charge in [-0.3, -0.25) is 4.79 Å². The van der Waals surface area contributed by atoms with Gasteiger partial charge in [0, 0.05) is 17.4 Å². The van der Waals surface area contributed by atoms with Crippen molar-refractivity contribution < 1.29 is 22.6 Å². The summed E-state index contributed by atoms with van der Waals surface area (Å²) in [7, 11) is 0. The minimum atomic E-state index is -4.51. The van der Waals surface area contributed by atoms with Crippen molar-refractivity contribution in [3.8, 4) is 17.0 Å². The van der Waals surface area contributed by atoms with E-state index in [0.29, 0.717) is 35.1 Å². The molecule has 2 heterocycles. The molecule has 1 aliphatic rings. The lowest BCUT2D eigenvalue weighted by atomic mass is 10.0. The van der Waals surface area contributed by atoms with Crippen LogP contribution in [0.1, 0.15) is 24.8 Å². The Morgan fingerprint density at radius 1 is 1.11 bits per heavy atom. The zero-order chi connectivity index (χ0) is 19.7. The number of fused-ring (bicyclic) bond motifs is 1. The fourth-order valence-electron chi connectivity index (χ4n) is 3.26. The van der Waals surface area contributed by atoms with Crippen LogP contribution in [0.4, 0.5) is 13.2 Å². The molecule has 1 unspecified atom stereocenters. The third kappa shape index (κ3) is 3.60. The molecule has 1 saturated heterocycles. The molecule has 0 amide bonds. The van der Waals surface area contributed by atoms with Crippen LogP contribution in [0.15, 0.2) is 47.3 Å². The number of aromatic amines is 1. The first kappa shape index (κ1) is 18.5. The summed E-state index contributed by atoms with van der Waals surface area (Å²) in [6.07, 6.45) is -2.77. The van der Waals surface area contributed by atoms with Crippen LogP contribution in [0.3, 0.4) is 0 Å². The molecule has 146 valence electrons. The topological polar surface area (TPSA) is 64.2 Å². The standard InChI is InChI=1S/C20H17F3N2O3/c21-20(22,23)12-8-9-15(16(11-12)28-17-7-3-4-10-27-17)18-13-5-1-2-6-14(13)19(26)25-24-18/h1-2,5-6,8-9,11,17H,3-4,7,10H2,(H,25,26). The van der Waals surface area contributed by atoms with Gasteiger partial charge in [0.2, 0.25) is 0 Å². The van der Waals surface area contributed by atoms with Gasteiger partial charge in [-0.15, -0.1) is 0 Å². The first-order chi connectivity index (χ1) is 13.4. The van der Waals surface area contributed by atoms with Crippen LogP contribution >= 0.6 is 0 Å². The van der Waals surface area contributed by atoms with Crippen LogP contribution in [0.5, 0.6) is 5.75 Å². The number of H-pyrrole nitrogens is 1. The Hall–Kier alpha value is -2.87. The zero-order valence-electron chi connectivity index (χ0n) is 14.8. The van der Waals surface area contributed by atoms with Crippen molar-refractivity contribution in [3.05, 3.63) is 58.4 Å². The number of nitrogens with zero attached hydrogens (tertiary/aromatic N) is 1. The third-order valence-corrected chi connectivity index (χ3v) is 4.66. The lowest BCUT2D eigenvalue weighted by molar-refractivity contribution is -0.138. The summed E-state index contributed by atoms with van der Waals surface area (Å²) >= 11 is 0. The molecule has 8 heteroatoms. The third-order valence-electron chi connectivity index (χ3n) is 4.66.